The molecule has 176 valence electrons. The Balaban J connectivity index is 1.81. The average molecular weight is 467 g/mol. The van der Waals surface area contributed by atoms with Crippen LogP contribution in [-0.4, -0.2) is 50.7 Å². The number of hydrogen-bond donors (Lipinski definition) is 2. The second kappa shape index (κ2) is 9.43. The Kier molecular flexibility index (Phi) is 6.85. The number of nitrogens with two attached hydrogens (primary N) is 1. The molecule has 0 bridgehead atoms. The van der Waals surface area contributed by atoms with Crippen molar-refractivity contribution in [3.63, 3.8) is 0 Å². The summed E-state index contributed by atoms with van der Waals surface area (Å²) in [6.07, 6.45) is -3.19. The van der Waals surface area contributed by atoms with Gasteiger partial charge in [-0.2, -0.15) is 27.9 Å². The number of carbonyl (C=O) groups is 2. The second-order valence-corrected chi connectivity index (χ2v) is 7.75. The average Bonchev–Trinajstić information content (AvgIpc) is 3.17. The van der Waals surface area contributed by atoms with Gasteiger partial charge in [-0.25, -0.2) is 4.98 Å². The Morgan fingerprint density at radius 2 is 2.00 bits per heavy atom. The molecule has 9 nitrogen and oxygen atoms in total. The molecule has 0 atom stereocenters. The van der Waals surface area contributed by atoms with Crippen LogP contribution in [0, 0.1) is 17.3 Å². The zero-order valence-corrected chi connectivity index (χ0v) is 17.4. The van der Waals surface area contributed by atoms with E-state index in [0.29, 0.717) is 0 Å². The van der Waals surface area contributed by atoms with Crippen LogP contribution in [0.3, 0.4) is 0 Å². The summed E-state index contributed by atoms with van der Waals surface area (Å²) in [5.41, 5.74) is 4.84. The standard InChI is InChI=1S/C20H21F4N7O2/c21-15-11-13(2-8-27-15)28-18-14(17(26)33)12-31(29-18)19(4-7-25)5-9-30(10-6-19)16(32)1-3-20(22,23)24/h2,8,11-12H,1,3-6,9-10H2,(H2,26,33)(H,27,28,29). The van der Waals surface area contributed by atoms with Gasteiger partial charge in [0.1, 0.15) is 5.56 Å². The van der Waals surface area contributed by atoms with Crippen LogP contribution < -0.4 is 11.1 Å². The van der Waals surface area contributed by atoms with Crippen LogP contribution >= 0.6 is 0 Å². The smallest absolute Gasteiger partial charge is 0.365 e. The van der Waals surface area contributed by atoms with E-state index in [9.17, 15) is 32.4 Å². The molecule has 33 heavy (non-hydrogen) atoms. The fraction of sp³-hybridized carbons (Fsp3) is 0.450. The fourth-order valence-corrected chi connectivity index (χ4v) is 3.72. The molecule has 3 heterocycles. The number of nitriles is 1. The van der Waals surface area contributed by atoms with Crippen LogP contribution in [0.4, 0.5) is 29.1 Å². The summed E-state index contributed by atoms with van der Waals surface area (Å²) in [6.45, 7) is 0.255. The number of alkyl halides is 3. The molecule has 0 saturated carbocycles. The number of piperidine rings is 1. The zero-order chi connectivity index (χ0) is 24.2. The molecule has 13 heteroatoms. The Labute approximate surface area is 186 Å². The number of rotatable bonds is 7. The Hall–Kier alpha value is -3.69. The summed E-state index contributed by atoms with van der Waals surface area (Å²) in [7, 11) is 0. The number of carbonyl (C=O) groups excluding carboxylic acids is 2. The van der Waals surface area contributed by atoms with Crippen molar-refractivity contribution in [3.05, 3.63) is 36.0 Å². The van der Waals surface area contributed by atoms with E-state index in [1.54, 1.807) is 0 Å². The number of nitrogens with one attached hydrogen (secondary N) is 1. The molecule has 0 spiro atoms. The van der Waals surface area contributed by atoms with E-state index in [0.717, 1.165) is 6.07 Å². The van der Waals surface area contributed by atoms with E-state index < -0.39 is 42.3 Å². The molecule has 1 aliphatic heterocycles. The Morgan fingerprint density at radius 1 is 1.30 bits per heavy atom. The van der Waals surface area contributed by atoms with E-state index in [1.807, 2.05) is 0 Å². The van der Waals surface area contributed by atoms with Crippen molar-refractivity contribution < 1.29 is 27.2 Å². The van der Waals surface area contributed by atoms with Gasteiger partial charge in [0.15, 0.2) is 5.82 Å². The lowest BCUT2D eigenvalue weighted by Gasteiger charge is -2.40. The van der Waals surface area contributed by atoms with Crippen molar-refractivity contribution in [2.45, 2.75) is 43.8 Å². The van der Waals surface area contributed by atoms with E-state index in [-0.39, 0.29) is 49.4 Å². The molecule has 3 N–H and O–H groups in total. The molecule has 1 fully saturated rings. The number of halogens is 4. The highest BCUT2D eigenvalue weighted by atomic mass is 19.4. The topological polar surface area (TPSA) is 130 Å². The number of nitrogens with zero attached hydrogens (tertiary/aromatic N) is 5. The summed E-state index contributed by atoms with van der Waals surface area (Å²) in [6, 6.07) is 4.63. The molecule has 1 saturated heterocycles. The Morgan fingerprint density at radius 3 is 2.58 bits per heavy atom. The maximum atomic E-state index is 13.4. The van der Waals surface area contributed by atoms with Gasteiger partial charge in [0.05, 0.1) is 24.4 Å². The number of aromatic nitrogens is 3. The van der Waals surface area contributed by atoms with Gasteiger partial charge in [0.2, 0.25) is 11.9 Å². The molecular weight excluding hydrogens is 446 g/mol. The quantitative estimate of drug-likeness (QED) is 0.476. The third-order valence-electron chi connectivity index (χ3n) is 5.53. The van der Waals surface area contributed by atoms with Crippen LogP contribution in [-0.2, 0) is 10.3 Å². The lowest BCUT2D eigenvalue weighted by Crippen LogP contribution is -2.48. The number of anilines is 2. The molecule has 0 aliphatic carbocycles. The predicted molar refractivity (Wildman–Crippen MR) is 108 cm³/mol. The largest absolute Gasteiger partial charge is 0.389 e. The van der Waals surface area contributed by atoms with Gasteiger partial charge < -0.3 is 16.0 Å². The first-order valence-electron chi connectivity index (χ1n) is 10.0. The number of likely N-dealkylation sites (tertiary alicyclic amines) is 1. The van der Waals surface area contributed by atoms with Crippen LogP contribution in [0.25, 0.3) is 0 Å². The lowest BCUT2D eigenvalue weighted by molar-refractivity contribution is -0.150. The van der Waals surface area contributed by atoms with Gasteiger partial charge in [-0.3, -0.25) is 14.3 Å². The van der Waals surface area contributed by atoms with Crippen molar-refractivity contribution in [3.8, 4) is 6.07 Å². The van der Waals surface area contributed by atoms with Crippen molar-refractivity contribution in [1.82, 2.24) is 19.7 Å². The van der Waals surface area contributed by atoms with E-state index >= 15 is 0 Å². The lowest BCUT2D eigenvalue weighted by atomic mass is 9.84. The van der Waals surface area contributed by atoms with Crippen LogP contribution in [0.2, 0.25) is 0 Å². The Bertz CT molecular complexity index is 1070. The minimum atomic E-state index is -4.42. The van der Waals surface area contributed by atoms with Gasteiger partial charge in [0, 0.05) is 43.7 Å². The highest BCUT2D eigenvalue weighted by Gasteiger charge is 2.40. The minimum Gasteiger partial charge on any atom is -0.365 e. The number of amides is 2. The van der Waals surface area contributed by atoms with Crippen LogP contribution in [0.15, 0.2) is 24.5 Å². The molecule has 2 aromatic rings. The highest BCUT2D eigenvalue weighted by Crippen LogP contribution is 2.35. The third kappa shape index (κ3) is 5.76. The molecule has 3 rings (SSSR count). The molecule has 0 aromatic carbocycles. The first-order valence-corrected chi connectivity index (χ1v) is 10.0. The zero-order valence-electron chi connectivity index (χ0n) is 17.4. The van der Waals surface area contributed by atoms with Crippen LogP contribution in [0.5, 0.6) is 0 Å². The molecule has 2 aromatic heterocycles. The number of primary amides is 1. The minimum absolute atomic E-state index is 0.00761. The van der Waals surface area contributed by atoms with Crippen molar-refractivity contribution >= 4 is 23.3 Å². The monoisotopic (exact) mass is 467 g/mol. The third-order valence-corrected chi connectivity index (χ3v) is 5.53. The molecule has 2 amide bonds. The molecule has 0 radical (unpaired) electrons. The predicted octanol–water partition coefficient (Wildman–Crippen LogP) is 2.83. The first kappa shape index (κ1) is 24.0. The van der Waals surface area contributed by atoms with Crippen molar-refractivity contribution in [1.29, 1.82) is 5.26 Å². The highest BCUT2D eigenvalue weighted by molar-refractivity contribution is 5.98. The number of pyridine rings is 1. The second-order valence-electron chi connectivity index (χ2n) is 7.75. The van der Waals surface area contributed by atoms with Gasteiger partial charge in [0.25, 0.3) is 5.91 Å². The normalized spacial score (nSPS) is 15.7. The van der Waals surface area contributed by atoms with Crippen molar-refractivity contribution in [2.24, 2.45) is 5.73 Å². The molecule has 1 aliphatic rings. The maximum absolute atomic E-state index is 13.4. The summed E-state index contributed by atoms with van der Waals surface area (Å²) in [4.78, 5) is 28.9. The summed E-state index contributed by atoms with van der Waals surface area (Å²) < 4.78 is 52.1. The summed E-state index contributed by atoms with van der Waals surface area (Å²) in [5.74, 6) is -2.11. The van der Waals surface area contributed by atoms with E-state index in [1.165, 1.54) is 28.0 Å². The van der Waals surface area contributed by atoms with Gasteiger partial charge >= 0.3 is 6.18 Å². The summed E-state index contributed by atoms with van der Waals surface area (Å²) >= 11 is 0. The van der Waals surface area contributed by atoms with E-state index in [2.05, 4.69) is 21.5 Å². The molecular formula is C20H21F4N7O2. The van der Waals surface area contributed by atoms with E-state index in [4.69, 9.17) is 5.73 Å². The molecule has 0 unspecified atom stereocenters. The first-order chi connectivity index (χ1) is 15.5. The SMILES string of the molecule is N#CCC1(n2cc(C(N)=O)c(Nc3ccnc(F)c3)n2)CCN(C(=O)CCC(F)(F)F)CC1. The number of hydrogen-bond acceptors (Lipinski definition) is 6. The maximum Gasteiger partial charge on any atom is 0.389 e. The van der Waals surface area contributed by atoms with Crippen LogP contribution in [0.1, 0.15) is 42.5 Å². The van der Waals surface area contributed by atoms with Gasteiger partial charge in [-0.15, -0.1) is 0 Å². The van der Waals surface area contributed by atoms with Gasteiger partial charge in [-0.05, 0) is 18.9 Å². The summed E-state index contributed by atoms with van der Waals surface area (Å²) in [5, 5.41) is 16.6. The van der Waals surface area contributed by atoms with Gasteiger partial charge in [-0.1, -0.05) is 0 Å². The fourth-order valence-electron chi connectivity index (χ4n) is 3.72. The van der Waals surface area contributed by atoms with Crippen molar-refractivity contribution in [2.75, 3.05) is 18.4 Å².